The molecular weight excluding hydrogens is 1040 g/mol. The molecule has 0 aromatic rings. The molecule has 2 unspecified atom stereocenters. The minimum absolute atomic E-state index is 0.00563. The van der Waals surface area contributed by atoms with Gasteiger partial charge in [-0.3, -0.25) is 9.59 Å². The molecule has 0 aromatic carbocycles. The summed E-state index contributed by atoms with van der Waals surface area (Å²) >= 11 is 0. The lowest BCUT2D eigenvalue weighted by molar-refractivity contribution is -0.143. The number of unbranched alkanes of at least 4 members (excludes halogenated alkanes) is 59. The van der Waals surface area contributed by atoms with Gasteiger partial charge in [0.2, 0.25) is 5.91 Å². The van der Waals surface area contributed by atoms with Gasteiger partial charge in [-0.1, -0.05) is 404 Å². The highest BCUT2D eigenvalue weighted by Gasteiger charge is 2.20. The van der Waals surface area contributed by atoms with Crippen LogP contribution < -0.4 is 5.32 Å². The lowest BCUT2D eigenvalue weighted by atomic mass is 10.0. The summed E-state index contributed by atoms with van der Waals surface area (Å²) in [7, 11) is 0. The maximum Gasteiger partial charge on any atom is 0.305 e. The third kappa shape index (κ3) is 71.3. The van der Waals surface area contributed by atoms with E-state index in [0.717, 1.165) is 51.4 Å². The molecule has 6 nitrogen and oxygen atoms in total. The first kappa shape index (κ1) is 83.3. The number of esters is 1. The monoisotopic (exact) mass is 1200 g/mol. The van der Waals surface area contributed by atoms with E-state index in [1.54, 1.807) is 0 Å². The summed E-state index contributed by atoms with van der Waals surface area (Å²) in [6.07, 6.45) is 95.5. The summed E-state index contributed by atoms with van der Waals surface area (Å²) in [6, 6.07) is -0.540. The summed E-state index contributed by atoms with van der Waals surface area (Å²) in [5, 5.41) is 23.5. The van der Waals surface area contributed by atoms with Crippen LogP contribution in [0, 0.1) is 0 Å². The standard InChI is InChI=1S/C79H153NO5/c1-3-5-7-9-11-13-15-17-18-19-20-21-22-29-32-35-38-41-44-48-51-55-59-63-67-71-77(82)76(75-81)80-78(83)72-68-64-60-56-52-49-45-42-39-36-33-30-27-25-23-24-26-28-31-34-37-40-43-46-50-54-58-62-66-70-74-85-79(84)73-69-65-61-57-53-47-16-14-12-10-8-6-4-2/h8,10,14,16,76-77,81-82H,3-7,9,11-13,15,17-75H2,1-2H3,(H,80,83)/b10-8-,16-14-. The van der Waals surface area contributed by atoms with Crippen LogP contribution in [0.2, 0.25) is 0 Å². The molecule has 0 aliphatic carbocycles. The Bertz CT molecular complexity index is 1330. The maximum atomic E-state index is 12.6. The molecule has 0 aliphatic rings. The van der Waals surface area contributed by atoms with Gasteiger partial charge >= 0.3 is 5.97 Å². The first-order valence-electron chi connectivity index (χ1n) is 39.1. The van der Waals surface area contributed by atoms with Gasteiger partial charge in [-0.05, 0) is 51.4 Å². The van der Waals surface area contributed by atoms with Crippen molar-refractivity contribution in [3.8, 4) is 0 Å². The van der Waals surface area contributed by atoms with Crippen LogP contribution in [0.15, 0.2) is 24.3 Å². The highest BCUT2D eigenvalue weighted by Crippen LogP contribution is 2.20. The van der Waals surface area contributed by atoms with E-state index in [4.69, 9.17) is 4.74 Å². The Morgan fingerprint density at radius 2 is 0.612 bits per heavy atom. The minimum atomic E-state index is -0.663. The molecule has 85 heavy (non-hydrogen) atoms. The zero-order valence-electron chi connectivity index (χ0n) is 57.9. The van der Waals surface area contributed by atoms with Crippen molar-refractivity contribution in [3.05, 3.63) is 24.3 Å². The highest BCUT2D eigenvalue weighted by molar-refractivity contribution is 5.76. The van der Waals surface area contributed by atoms with Gasteiger partial charge in [-0.2, -0.15) is 0 Å². The molecule has 0 aliphatic heterocycles. The van der Waals surface area contributed by atoms with Gasteiger partial charge in [0.25, 0.3) is 0 Å². The fraction of sp³-hybridized carbons (Fsp3) is 0.924. The molecule has 0 saturated heterocycles. The third-order valence-electron chi connectivity index (χ3n) is 18.5. The Balaban J connectivity index is 3.34. The molecular formula is C79H153NO5. The van der Waals surface area contributed by atoms with Gasteiger partial charge in [0.05, 0.1) is 25.4 Å². The summed E-state index contributed by atoms with van der Waals surface area (Å²) in [5.74, 6) is -0.0197. The van der Waals surface area contributed by atoms with Crippen molar-refractivity contribution in [2.24, 2.45) is 0 Å². The Hall–Kier alpha value is -1.66. The number of amides is 1. The number of allylic oxidation sites excluding steroid dienone is 4. The first-order valence-corrected chi connectivity index (χ1v) is 39.1. The van der Waals surface area contributed by atoms with Gasteiger partial charge in [0, 0.05) is 12.8 Å². The molecule has 0 heterocycles. The SMILES string of the molecule is CCC/C=C\C/C=C\CCCCCCCC(=O)OCCCCCCCCCCCCCCCCCCCCCCCCCCCCCCCCC(=O)NC(CO)C(O)CCCCCCCCCCCCCCCCCCCCCCCCCCC. The Morgan fingerprint density at radius 1 is 0.329 bits per heavy atom. The van der Waals surface area contributed by atoms with Crippen molar-refractivity contribution in [2.45, 2.75) is 456 Å². The molecule has 0 rings (SSSR count). The summed E-state index contributed by atoms with van der Waals surface area (Å²) < 4.78 is 5.48. The van der Waals surface area contributed by atoms with Crippen LogP contribution in [0.25, 0.3) is 0 Å². The number of carbonyl (C=O) groups is 2. The van der Waals surface area contributed by atoms with Crippen LogP contribution in [-0.4, -0.2) is 47.4 Å². The predicted octanol–water partition coefficient (Wildman–Crippen LogP) is 25.7. The van der Waals surface area contributed by atoms with Crippen molar-refractivity contribution < 1.29 is 24.5 Å². The normalized spacial score (nSPS) is 12.6. The number of aliphatic hydroxyl groups excluding tert-OH is 2. The van der Waals surface area contributed by atoms with Crippen LogP contribution in [0.1, 0.15) is 444 Å². The van der Waals surface area contributed by atoms with Crippen molar-refractivity contribution in [2.75, 3.05) is 13.2 Å². The molecule has 2 atom stereocenters. The van der Waals surface area contributed by atoms with Gasteiger partial charge in [0.1, 0.15) is 0 Å². The van der Waals surface area contributed by atoms with Crippen LogP contribution in [0.4, 0.5) is 0 Å². The average molecular weight is 1200 g/mol. The van der Waals surface area contributed by atoms with Gasteiger partial charge in [-0.25, -0.2) is 0 Å². The summed E-state index contributed by atoms with van der Waals surface area (Å²) in [6.45, 7) is 4.93. The summed E-state index contributed by atoms with van der Waals surface area (Å²) in [5.41, 5.74) is 0. The van der Waals surface area contributed by atoms with Crippen molar-refractivity contribution >= 4 is 11.9 Å². The zero-order valence-corrected chi connectivity index (χ0v) is 57.9. The van der Waals surface area contributed by atoms with Gasteiger partial charge in [0.15, 0.2) is 0 Å². The molecule has 1 amide bonds. The molecule has 0 fully saturated rings. The first-order chi connectivity index (χ1) is 42.0. The van der Waals surface area contributed by atoms with Crippen LogP contribution in [0.3, 0.4) is 0 Å². The largest absolute Gasteiger partial charge is 0.466 e. The van der Waals surface area contributed by atoms with E-state index >= 15 is 0 Å². The van der Waals surface area contributed by atoms with Crippen LogP contribution >= 0.6 is 0 Å². The van der Waals surface area contributed by atoms with Gasteiger partial charge < -0.3 is 20.3 Å². The molecule has 3 N–H and O–H groups in total. The number of hydrogen-bond donors (Lipinski definition) is 3. The zero-order chi connectivity index (χ0) is 61.3. The maximum absolute atomic E-state index is 12.6. The fourth-order valence-corrected chi connectivity index (χ4v) is 12.6. The number of aliphatic hydroxyl groups is 2. The second-order valence-electron chi connectivity index (χ2n) is 27.0. The smallest absolute Gasteiger partial charge is 0.305 e. The second kappa shape index (κ2) is 74.8. The Kier molecular flexibility index (Phi) is 73.3. The van der Waals surface area contributed by atoms with Crippen LogP contribution in [-0.2, 0) is 14.3 Å². The van der Waals surface area contributed by atoms with E-state index in [9.17, 15) is 19.8 Å². The number of ether oxygens (including phenoxy) is 1. The Morgan fingerprint density at radius 3 is 0.941 bits per heavy atom. The second-order valence-corrected chi connectivity index (χ2v) is 27.0. The van der Waals surface area contributed by atoms with Crippen molar-refractivity contribution in [1.82, 2.24) is 5.32 Å². The third-order valence-corrected chi connectivity index (χ3v) is 18.5. The molecule has 0 aromatic heterocycles. The van der Waals surface area contributed by atoms with E-state index in [1.165, 1.54) is 360 Å². The van der Waals surface area contributed by atoms with Crippen molar-refractivity contribution in [3.63, 3.8) is 0 Å². The lowest BCUT2D eigenvalue weighted by Crippen LogP contribution is -2.45. The van der Waals surface area contributed by atoms with E-state index in [1.807, 2.05) is 0 Å². The number of carbonyl (C=O) groups excluding carboxylic acids is 2. The van der Waals surface area contributed by atoms with Crippen LogP contribution in [0.5, 0.6) is 0 Å². The fourth-order valence-electron chi connectivity index (χ4n) is 12.6. The predicted molar refractivity (Wildman–Crippen MR) is 375 cm³/mol. The van der Waals surface area contributed by atoms with Gasteiger partial charge in [-0.15, -0.1) is 0 Å². The number of nitrogens with one attached hydrogen (secondary N) is 1. The van der Waals surface area contributed by atoms with Crippen molar-refractivity contribution in [1.29, 1.82) is 0 Å². The molecule has 0 bridgehead atoms. The highest BCUT2D eigenvalue weighted by atomic mass is 16.5. The molecule has 0 radical (unpaired) electrons. The lowest BCUT2D eigenvalue weighted by Gasteiger charge is -2.22. The van der Waals surface area contributed by atoms with E-state index in [2.05, 4.69) is 43.5 Å². The topological polar surface area (TPSA) is 95.9 Å². The number of hydrogen-bond acceptors (Lipinski definition) is 5. The Labute approximate surface area is 532 Å². The minimum Gasteiger partial charge on any atom is -0.466 e. The van der Waals surface area contributed by atoms with E-state index in [0.29, 0.717) is 25.9 Å². The molecule has 0 spiro atoms. The van der Waals surface area contributed by atoms with E-state index in [-0.39, 0.29) is 18.5 Å². The average Bonchev–Trinajstić information content (AvgIpc) is 3.51. The summed E-state index contributed by atoms with van der Waals surface area (Å²) in [4.78, 5) is 24.6. The number of rotatable bonds is 74. The molecule has 504 valence electrons. The molecule has 0 saturated carbocycles. The molecule has 6 heteroatoms. The van der Waals surface area contributed by atoms with E-state index < -0.39 is 12.1 Å². The quantitative estimate of drug-likeness (QED) is 0.0320.